The summed E-state index contributed by atoms with van der Waals surface area (Å²) >= 11 is 0. The van der Waals surface area contributed by atoms with Crippen molar-refractivity contribution in [1.82, 2.24) is 0 Å². The molecule has 0 fully saturated rings. The summed E-state index contributed by atoms with van der Waals surface area (Å²) in [5.74, 6) is 3.42. The summed E-state index contributed by atoms with van der Waals surface area (Å²) in [6, 6.07) is 8.89. The number of benzene rings is 1. The van der Waals surface area contributed by atoms with Crippen LogP contribution in [0.5, 0.6) is 0 Å². The fourth-order valence-electron chi connectivity index (χ4n) is 0.735. The molecule has 0 unspecified atom stereocenters. The Bertz CT molecular complexity index is 345. The number of carboxylic acids is 1. The Morgan fingerprint density at radius 1 is 1.31 bits per heavy atom. The molecular formula is C10H8O3. The second-order valence-corrected chi connectivity index (χ2v) is 2.38. The van der Waals surface area contributed by atoms with E-state index in [0.717, 1.165) is 0 Å². The summed E-state index contributed by atoms with van der Waals surface area (Å²) in [6.45, 7) is 0. The third-order valence-electron chi connectivity index (χ3n) is 1.36. The number of carbonyl (C=O) groups is 1. The first-order valence-corrected chi connectivity index (χ1v) is 3.67. The van der Waals surface area contributed by atoms with Gasteiger partial charge in [-0.3, -0.25) is 0 Å². The lowest BCUT2D eigenvalue weighted by Crippen LogP contribution is -2.16. The number of rotatable bonds is 1. The van der Waals surface area contributed by atoms with Crippen molar-refractivity contribution in [3.05, 3.63) is 35.9 Å². The van der Waals surface area contributed by atoms with Crippen LogP contribution < -0.4 is 0 Å². The van der Waals surface area contributed by atoms with E-state index >= 15 is 0 Å². The SMILES string of the molecule is O=C(O)[C@@H](O)C#Cc1ccccc1. The normalized spacial score (nSPS) is 11.2. The zero-order valence-electron chi connectivity index (χ0n) is 6.77. The van der Waals surface area contributed by atoms with Gasteiger partial charge in [-0.1, -0.05) is 30.0 Å². The lowest BCUT2D eigenvalue weighted by molar-refractivity contribution is -0.143. The topological polar surface area (TPSA) is 57.5 Å². The van der Waals surface area contributed by atoms with Crippen molar-refractivity contribution in [2.24, 2.45) is 0 Å². The Morgan fingerprint density at radius 2 is 1.92 bits per heavy atom. The van der Waals surface area contributed by atoms with Gasteiger partial charge >= 0.3 is 5.97 Å². The maximum atomic E-state index is 10.2. The molecule has 1 aromatic rings. The minimum absolute atomic E-state index is 0.683. The van der Waals surface area contributed by atoms with Crippen LogP contribution in [0, 0.1) is 11.8 Å². The molecule has 0 aliphatic rings. The molecule has 0 saturated heterocycles. The van der Waals surface area contributed by atoms with Crippen LogP contribution in [-0.4, -0.2) is 22.3 Å². The Balaban J connectivity index is 2.73. The van der Waals surface area contributed by atoms with Crippen LogP contribution in [0.2, 0.25) is 0 Å². The fraction of sp³-hybridized carbons (Fsp3) is 0.100. The third kappa shape index (κ3) is 2.97. The van der Waals surface area contributed by atoms with E-state index in [-0.39, 0.29) is 0 Å². The minimum atomic E-state index is -1.61. The molecule has 66 valence electrons. The Hall–Kier alpha value is -1.79. The smallest absolute Gasteiger partial charge is 0.345 e. The van der Waals surface area contributed by atoms with E-state index in [9.17, 15) is 4.79 Å². The van der Waals surface area contributed by atoms with Crippen LogP contribution in [0.4, 0.5) is 0 Å². The zero-order chi connectivity index (χ0) is 9.68. The molecule has 3 heteroatoms. The molecule has 13 heavy (non-hydrogen) atoms. The molecule has 1 aromatic carbocycles. The second kappa shape index (κ2) is 4.29. The summed E-state index contributed by atoms with van der Waals surface area (Å²) in [5, 5.41) is 17.1. The van der Waals surface area contributed by atoms with Crippen molar-refractivity contribution in [3.63, 3.8) is 0 Å². The quantitative estimate of drug-likeness (QED) is 0.612. The van der Waals surface area contributed by atoms with Gasteiger partial charge in [0.15, 0.2) is 0 Å². The maximum Gasteiger partial charge on any atom is 0.345 e. The van der Waals surface area contributed by atoms with Gasteiger partial charge in [0.2, 0.25) is 6.10 Å². The van der Waals surface area contributed by atoms with Crippen LogP contribution in [0.3, 0.4) is 0 Å². The minimum Gasteiger partial charge on any atom is -0.479 e. The number of hydrogen-bond donors (Lipinski definition) is 2. The van der Waals surface area contributed by atoms with Crippen molar-refractivity contribution < 1.29 is 15.0 Å². The van der Waals surface area contributed by atoms with Gasteiger partial charge in [-0.25, -0.2) is 4.79 Å². The molecule has 0 aromatic heterocycles. The zero-order valence-corrected chi connectivity index (χ0v) is 6.77. The summed E-state index contributed by atoms with van der Waals surface area (Å²) in [5.41, 5.74) is 0.683. The average molecular weight is 176 g/mol. The summed E-state index contributed by atoms with van der Waals surface area (Å²) < 4.78 is 0. The molecule has 0 heterocycles. The fourth-order valence-corrected chi connectivity index (χ4v) is 0.735. The highest BCUT2D eigenvalue weighted by Crippen LogP contribution is 1.95. The van der Waals surface area contributed by atoms with Crippen LogP contribution in [0.15, 0.2) is 30.3 Å². The van der Waals surface area contributed by atoms with Crippen molar-refractivity contribution >= 4 is 5.97 Å². The molecule has 2 N–H and O–H groups in total. The number of aliphatic carboxylic acids is 1. The van der Waals surface area contributed by atoms with E-state index in [1.807, 2.05) is 6.07 Å². The molecule has 0 amide bonds. The average Bonchev–Trinajstić information content (AvgIpc) is 2.15. The molecule has 0 bridgehead atoms. The van der Waals surface area contributed by atoms with Gasteiger partial charge in [-0.15, -0.1) is 0 Å². The molecule has 1 atom stereocenters. The lowest BCUT2D eigenvalue weighted by atomic mass is 10.2. The van der Waals surface area contributed by atoms with Gasteiger partial charge in [0.1, 0.15) is 0 Å². The molecule has 0 saturated carbocycles. The van der Waals surface area contributed by atoms with Crippen molar-refractivity contribution in [1.29, 1.82) is 0 Å². The first kappa shape index (κ1) is 9.30. The van der Waals surface area contributed by atoms with Crippen LogP contribution in [0.25, 0.3) is 0 Å². The number of hydrogen-bond acceptors (Lipinski definition) is 2. The molecule has 0 spiro atoms. The number of aliphatic hydroxyl groups is 1. The monoisotopic (exact) mass is 176 g/mol. The van der Waals surface area contributed by atoms with Crippen LogP contribution >= 0.6 is 0 Å². The summed E-state index contributed by atoms with van der Waals surface area (Å²) in [4.78, 5) is 10.2. The highest BCUT2D eigenvalue weighted by Gasteiger charge is 2.07. The van der Waals surface area contributed by atoms with Gasteiger partial charge in [0, 0.05) is 5.56 Å². The van der Waals surface area contributed by atoms with Gasteiger partial charge in [0.05, 0.1) is 0 Å². The highest BCUT2D eigenvalue weighted by atomic mass is 16.4. The van der Waals surface area contributed by atoms with E-state index in [4.69, 9.17) is 10.2 Å². The van der Waals surface area contributed by atoms with E-state index in [0.29, 0.717) is 5.56 Å². The third-order valence-corrected chi connectivity index (χ3v) is 1.36. The first-order valence-electron chi connectivity index (χ1n) is 3.67. The number of carboxylic acid groups (broad SMARTS) is 1. The predicted molar refractivity (Wildman–Crippen MR) is 47.0 cm³/mol. The van der Waals surface area contributed by atoms with Gasteiger partial charge in [-0.2, -0.15) is 0 Å². The standard InChI is InChI=1S/C10H8O3/c11-9(10(12)13)7-6-8-4-2-1-3-5-8/h1-5,9,11H,(H,12,13)/t9-/m0/s1. The van der Waals surface area contributed by atoms with Gasteiger partial charge in [0.25, 0.3) is 0 Å². The van der Waals surface area contributed by atoms with Crippen molar-refractivity contribution in [2.45, 2.75) is 6.10 Å². The van der Waals surface area contributed by atoms with E-state index < -0.39 is 12.1 Å². The molecule has 0 aliphatic carbocycles. The molecule has 0 radical (unpaired) electrons. The Kier molecular flexibility index (Phi) is 3.07. The Morgan fingerprint density at radius 3 is 2.46 bits per heavy atom. The van der Waals surface area contributed by atoms with E-state index in [1.54, 1.807) is 24.3 Å². The molecule has 0 aliphatic heterocycles. The first-order chi connectivity index (χ1) is 6.20. The maximum absolute atomic E-state index is 10.2. The lowest BCUT2D eigenvalue weighted by Gasteiger charge is -1.92. The van der Waals surface area contributed by atoms with Gasteiger partial charge < -0.3 is 10.2 Å². The number of aliphatic hydroxyl groups excluding tert-OH is 1. The van der Waals surface area contributed by atoms with Crippen LogP contribution in [-0.2, 0) is 4.79 Å². The summed E-state index contributed by atoms with van der Waals surface area (Å²) in [6.07, 6.45) is -1.61. The van der Waals surface area contributed by atoms with Crippen LogP contribution in [0.1, 0.15) is 5.56 Å². The molecule has 1 rings (SSSR count). The predicted octanol–water partition coefficient (Wildman–Crippen LogP) is 0.484. The van der Waals surface area contributed by atoms with Crippen molar-refractivity contribution in [2.75, 3.05) is 0 Å². The molecular weight excluding hydrogens is 168 g/mol. The van der Waals surface area contributed by atoms with Gasteiger partial charge in [-0.05, 0) is 12.1 Å². The van der Waals surface area contributed by atoms with Crippen molar-refractivity contribution in [3.8, 4) is 11.8 Å². The van der Waals surface area contributed by atoms with E-state index in [2.05, 4.69) is 11.8 Å². The molecule has 3 nitrogen and oxygen atoms in total. The van der Waals surface area contributed by atoms with E-state index in [1.165, 1.54) is 0 Å². The summed E-state index contributed by atoms with van der Waals surface area (Å²) in [7, 11) is 0. The largest absolute Gasteiger partial charge is 0.479 e. The second-order valence-electron chi connectivity index (χ2n) is 2.38. The highest BCUT2D eigenvalue weighted by molar-refractivity contribution is 5.75. The Labute approximate surface area is 75.6 Å².